The fourth-order valence-corrected chi connectivity index (χ4v) is 0.858. The van der Waals surface area contributed by atoms with Crippen LogP contribution in [0.4, 0.5) is 11.5 Å². The van der Waals surface area contributed by atoms with Crippen LogP contribution in [0.1, 0.15) is 0 Å². The Balaban J connectivity index is 3.05. The number of rotatable bonds is 2. The molecule has 0 bridgehead atoms. The van der Waals surface area contributed by atoms with Gasteiger partial charge in [-0.1, -0.05) is 0 Å². The lowest BCUT2D eigenvalue weighted by Gasteiger charge is -2.12. The summed E-state index contributed by atoms with van der Waals surface area (Å²) in [5.41, 5.74) is 6.15. The highest BCUT2D eigenvalue weighted by atomic mass is 16.5. The molecule has 0 spiro atoms. The van der Waals surface area contributed by atoms with Crippen molar-refractivity contribution in [2.75, 3.05) is 31.8 Å². The number of aromatic nitrogens is 1. The predicted molar refractivity (Wildman–Crippen MR) is 49.5 cm³/mol. The van der Waals surface area contributed by atoms with Crippen molar-refractivity contribution in [2.24, 2.45) is 0 Å². The molecule has 0 atom stereocenters. The van der Waals surface area contributed by atoms with Gasteiger partial charge in [-0.25, -0.2) is 4.98 Å². The molecule has 0 aliphatic heterocycles. The Hall–Kier alpha value is -1.45. The van der Waals surface area contributed by atoms with Crippen LogP contribution in [0, 0.1) is 0 Å². The number of nitrogens with zero attached hydrogens (tertiary/aromatic N) is 2. The summed E-state index contributed by atoms with van der Waals surface area (Å²) < 4.78 is 5.04. The van der Waals surface area contributed by atoms with Crippen LogP contribution < -0.4 is 15.4 Å². The van der Waals surface area contributed by atoms with Crippen molar-refractivity contribution >= 4 is 11.5 Å². The first-order chi connectivity index (χ1) is 5.65. The van der Waals surface area contributed by atoms with Crippen molar-refractivity contribution in [1.29, 1.82) is 0 Å². The molecule has 12 heavy (non-hydrogen) atoms. The van der Waals surface area contributed by atoms with Gasteiger partial charge in [-0.15, -0.1) is 0 Å². The number of nitrogens with two attached hydrogens (primary N) is 1. The minimum atomic E-state index is 0.558. The van der Waals surface area contributed by atoms with Crippen LogP contribution in [0.5, 0.6) is 5.75 Å². The van der Waals surface area contributed by atoms with E-state index < -0.39 is 0 Å². The van der Waals surface area contributed by atoms with Crippen LogP contribution in [0.2, 0.25) is 0 Å². The first kappa shape index (κ1) is 8.64. The molecule has 0 aliphatic carbocycles. The van der Waals surface area contributed by atoms with E-state index in [1.165, 1.54) is 0 Å². The molecule has 0 saturated heterocycles. The van der Waals surface area contributed by atoms with Gasteiger partial charge < -0.3 is 15.4 Å². The molecule has 0 saturated carbocycles. The molecule has 0 fully saturated rings. The van der Waals surface area contributed by atoms with Crippen molar-refractivity contribution in [1.82, 2.24) is 4.98 Å². The summed E-state index contributed by atoms with van der Waals surface area (Å²) >= 11 is 0. The van der Waals surface area contributed by atoms with Crippen molar-refractivity contribution in [3.63, 3.8) is 0 Å². The van der Waals surface area contributed by atoms with Gasteiger partial charge in [-0.05, 0) is 0 Å². The van der Waals surface area contributed by atoms with E-state index in [-0.39, 0.29) is 0 Å². The van der Waals surface area contributed by atoms with E-state index in [1.807, 2.05) is 19.0 Å². The smallest absolute Gasteiger partial charge is 0.147 e. The van der Waals surface area contributed by atoms with Crippen LogP contribution in [0.15, 0.2) is 12.3 Å². The van der Waals surface area contributed by atoms with Gasteiger partial charge in [0.15, 0.2) is 0 Å². The second-order valence-corrected chi connectivity index (χ2v) is 2.68. The Morgan fingerprint density at radius 2 is 2.17 bits per heavy atom. The van der Waals surface area contributed by atoms with Crippen molar-refractivity contribution in [3.05, 3.63) is 12.3 Å². The van der Waals surface area contributed by atoms with Crippen LogP contribution >= 0.6 is 0 Å². The van der Waals surface area contributed by atoms with Gasteiger partial charge in [0, 0.05) is 20.2 Å². The molecule has 0 amide bonds. The summed E-state index contributed by atoms with van der Waals surface area (Å²) in [4.78, 5) is 6.00. The summed E-state index contributed by atoms with van der Waals surface area (Å²) in [6.45, 7) is 0. The highest BCUT2D eigenvalue weighted by Crippen LogP contribution is 2.23. The number of hydrogen-bond donors (Lipinski definition) is 1. The molecule has 0 radical (unpaired) electrons. The normalized spacial score (nSPS) is 9.58. The minimum absolute atomic E-state index is 0.558. The molecule has 1 aromatic heterocycles. The van der Waals surface area contributed by atoms with Crippen LogP contribution in [0.25, 0.3) is 0 Å². The standard InChI is InChI=1S/C8H13N3O/c1-11(2)8-4-7(12-3)6(9)5-10-8/h4-5H,9H2,1-3H3. The predicted octanol–water partition coefficient (Wildman–Crippen LogP) is 0.738. The molecular formula is C8H13N3O. The molecule has 1 rings (SSSR count). The van der Waals surface area contributed by atoms with Gasteiger partial charge in [0.1, 0.15) is 11.6 Å². The monoisotopic (exact) mass is 167 g/mol. The van der Waals surface area contributed by atoms with Gasteiger partial charge in [0.05, 0.1) is 19.0 Å². The molecule has 4 nitrogen and oxygen atoms in total. The molecular weight excluding hydrogens is 154 g/mol. The Morgan fingerprint density at radius 3 is 2.67 bits per heavy atom. The summed E-state index contributed by atoms with van der Waals surface area (Å²) in [6.07, 6.45) is 1.59. The topological polar surface area (TPSA) is 51.4 Å². The maximum absolute atomic E-state index is 5.59. The number of nitrogen functional groups attached to an aromatic ring is 1. The van der Waals surface area contributed by atoms with E-state index in [2.05, 4.69) is 4.98 Å². The van der Waals surface area contributed by atoms with E-state index >= 15 is 0 Å². The molecule has 0 aliphatic rings. The quantitative estimate of drug-likeness (QED) is 0.705. The summed E-state index contributed by atoms with van der Waals surface area (Å²) in [5, 5.41) is 0. The number of pyridine rings is 1. The van der Waals surface area contributed by atoms with E-state index in [0.29, 0.717) is 11.4 Å². The van der Waals surface area contributed by atoms with Crippen LogP contribution in [-0.2, 0) is 0 Å². The van der Waals surface area contributed by atoms with Crippen molar-refractivity contribution < 1.29 is 4.74 Å². The number of ether oxygens (including phenoxy) is 1. The SMILES string of the molecule is COc1cc(N(C)C)ncc1N. The second kappa shape index (κ2) is 3.30. The molecule has 2 N–H and O–H groups in total. The fraction of sp³-hybridized carbons (Fsp3) is 0.375. The van der Waals surface area contributed by atoms with E-state index in [9.17, 15) is 0 Å². The van der Waals surface area contributed by atoms with Crippen molar-refractivity contribution in [2.45, 2.75) is 0 Å². The zero-order chi connectivity index (χ0) is 9.14. The second-order valence-electron chi connectivity index (χ2n) is 2.68. The Kier molecular flexibility index (Phi) is 2.38. The molecule has 1 heterocycles. The summed E-state index contributed by atoms with van der Waals surface area (Å²) in [6, 6.07) is 1.80. The minimum Gasteiger partial charge on any atom is -0.494 e. The lowest BCUT2D eigenvalue weighted by atomic mass is 10.3. The summed E-state index contributed by atoms with van der Waals surface area (Å²) in [7, 11) is 5.42. The van der Waals surface area contributed by atoms with Crippen molar-refractivity contribution in [3.8, 4) is 5.75 Å². The largest absolute Gasteiger partial charge is 0.494 e. The third-order valence-electron chi connectivity index (χ3n) is 1.56. The average molecular weight is 167 g/mol. The molecule has 0 aromatic carbocycles. The van der Waals surface area contributed by atoms with E-state index in [0.717, 1.165) is 5.82 Å². The fourth-order valence-electron chi connectivity index (χ4n) is 0.858. The molecule has 66 valence electrons. The van der Waals surface area contributed by atoms with Crippen LogP contribution in [-0.4, -0.2) is 26.2 Å². The number of hydrogen-bond acceptors (Lipinski definition) is 4. The van der Waals surface area contributed by atoms with Gasteiger partial charge >= 0.3 is 0 Å². The first-order valence-corrected chi connectivity index (χ1v) is 3.62. The summed E-state index contributed by atoms with van der Waals surface area (Å²) in [5.74, 6) is 1.50. The maximum Gasteiger partial charge on any atom is 0.147 e. The zero-order valence-corrected chi connectivity index (χ0v) is 7.53. The first-order valence-electron chi connectivity index (χ1n) is 3.62. The third kappa shape index (κ3) is 1.58. The van der Waals surface area contributed by atoms with E-state index in [4.69, 9.17) is 10.5 Å². The number of methoxy groups -OCH3 is 1. The van der Waals surface area contributed by atoms with Gasteiger partial charge in [0.25, 0.3) is 0 Å². The van der Waals surface area contributed by atoms with E-state index in [1.54, 1.807) is 19.4 Å². The Labute approximate surface area is 72.0 Å². The van der Waals surface area contributed by atoms with Gasteiger partial charge in [0.2, 0.25) is 0 Å². The third-order valence-corrected chi connectivity index (χ3v) is 1.56. The maximum atomic E-state index is 5.59. The molecule has 0 unspecified atom stereocenters. The highest BCUT2D eigenvalue weighted by molar-refractivity contribution is 5.56. The molecule has 1 aromatic rings. The average Bonchev–Trinajstić information content (AvgIpc) is 2.05. The lowest BCUT2D eigenvalue weighted by Crippen LogP contribution is -2.10. The number of anilines is 2. The van der Waals surface area contributed by atoms with Gasteiger partial charge in [-0.2, -0.15) is 0 Å². The lowest BCUT2D eigenvalue weighted by molar-refractivity contribution is 0.416. The Bertz CT molecular complexity index is 273. The molecule has 4 heteroatoms. The highest BCUT2D eigenvalue weighted by Gasteiger charge is 2.02. The van der Waals surface area contributed by atoms with Crippen LogP contribution in [0.3, 0.4) is 0 Å². The Morgan fingerprint density at radius 1 is 1.50 bits per heavy atom. The van der Waals surface area contributed by atoms with Gasteiger partial charge in [-0.3, -0.25) is 0 Å². The zero-order valence-electron chi connectivity index (χ0n) is 7.53.